The summed E-state index contributed by atoms with van der Waals surface area (Å²) >= 11 is 3.43. The molecule has 6 heteroatoms. The molecule has 0 aliphatic rings. The van der Waals surface area contributed by atoms with Gasteiger partial charge >= 0.3 is 0 Å². The van der Waals surface area contributed by atoms with Gasteiger partial charge in [-0.3, -0.25) is 4.79 Å². The standard InChI is InChI=1S/C20H21BrN2O3/c1-14(18-4-3-11-25-18)22-20(24)13-23(2)12-17-9-10-19(26-17)15-5-7-16(21)8-6-15/h3-11,14H,12-13H2,1-2H3,(H,22,24)/p+1/t14-/m0/s1. The summed E-state index contributed by atoms with van der Waals surface area (Å²) in [5.74, 6) is 2.41. The van der Waals surface area contributed by atoms with Gasteiger partial charge in [-0.05, 0) is 43.3 Å². The summed E-state index contributed by atoms with van der Waals surface area (Å²) in [4.78, 5) is 13.2. The summed E-state index contributed by atoms with van der Waals surface area (Å²) in [6, 6.07) is 15.4. The molecule has 0 aliphatic carbocycles. The lowest BCUT2D eigenvalue weighted by Gasteiger charge is -2.15. The Hall–Kier alpha value is -2.31. The Balaban J connectivity index is 1.52. The minimum Gasteiger partial charge on any atom is -0.467 e. The lowest BCUT2D eigenvalue weighted by Crippen LogP contribution is -3.08. The average molecular weight is 418 g/mol. The fourth-order valence-electron chi connectivity index (χ4n) is 2.78. The van der Waals surface area contributed by atoms with Crippen LogP contribution in [0.1, 0.15) is 24.5 Å². The molecule has 0 saturated heterocycles. The van der Waals surface area contributed by atoms with Gasteiger partial charge < -0.3 is 19.1 Å². The largest absolute Gasteiger partial charge is 0.467 e. The van der Waals surface area contributed by atoms with Crippen molar-refractivity contribution in [2.75, 3.05) is 13.6 Å². The summed E-state index contributed by atoms with van der Waals surface area (Å²) in [5.41, 5.74) is 1.03. The van der Waals surface area contributed by atoms with E-state index >= 15 is 0 Å². The van der Waals surface area contributed by atoms with E-state index < -0.39 is 0 Å². The van der Waals surface area contributed by atoms with E-state index in [9.17, 15) is 4.79 Å². The third kappa shape index (κ3) is 4.86. The van der Waals surface area contributed by atoms with E-state index in [0.717, 1.165) is 32.2 Å². The van der Waals surface area contributed by atoms with Gasteiger partial charge in [0, 0.05) is 10.0 Å². The number of furan rings is 2. The lowest BCUT2D eigenvalue weighted by molar-refractivity contribution is -0.886. The third-order valence-corrected chi connectivity index (χ3v) is 4.60. The van der Waals surface area contributed by atoms with Crippen LogP contribution < -0.4 is 10.2 Å². The van der Waals surface area contributed by atoms with Gasteiger partial charge in [0.25, 0.3) is 5.91 Å². The van der Waals surface area contributed by atoms with Crippen molar-refractivity contribution < 1.29 is 18.5 Å². The molecular weight excluding hydrogens is 396 g/mol. The van der Waals surface area contributed by atoms with Crippen LogP contribution in [0.5, 0.6) is 0 Å². The number of carbonyl (C=O) groups excluding carboxylic acids is 1. The van der Waals surface area contributed by atoms with E-state index in [1.807, 2.05) is 62.5 Å². The van der Waals surface area contributed by atoms with E-state index in [2.05, 4.69) is 21.2 Å². The van der Waals surface area contributed by atoms with Gasteiger partial charge in [0.15, 0.2) is 12.3 Å². The van der Waals surface area contributed by atoms with Gasteiger partial charge in [0.2, 0.25) is 0 Å². The number of quaternary nitrogens is 1. The Morgan fingerprint density at radius 1 is 1.19 bits per heavy atom. The zero-order valence-electron chi connectivity index (χ0n) is 14.8. The summed E-state index contributed by atoms with van der Waals surface area (Å²) in [6.07, 6.45) is 1.61. The summed E-state index contributed by atoms with van der Waals surface area (Å²) in [6.45, 7) is 2.90. The van der Waals surface area contributed by atoms with E-state index in [0.29, 0.717) is 13.1 Å². The number of hydrogen-bond donors (Lipinski definition) is 2. The maximum atomic E-state index is 12.2. The zero-order valence-corrected chi connectivity index (χ0v) is 16.4. The number of rotatable bonds is 7. The molecule has 0 saturated carbocycles. The highest BCUT2D eigenvalue weighted by atomic mass is 79.9. The molecule has 0 fully saturated rings. The van der Waals surface area contributed by atoms with Gasteiger partial charge in [-0.2, -0.15) is 0 Å². The molecular formula is C20H22BrN2O3+. The molecule has 0 spiro atoms. The summed E-state index contributed by atoms with van der Waals surface area (Å²) in [7, 11) is 1.97. The molecule has 26 heavy (non-hydrogen) atoms. The molecule has 1 amide bonds. The first-order valence-corrected chi connectivity index (χ1v) is 9.29. The molecule has 2 heterocycles. The predicted molar refractivity (Wildman–Crippen MR) is 103 cm³/mol. The Bertz CT molecular complexity index is 840. The van der Waals surface area contributed by atoms with Gasteiger partial charge in [0.1, 0.15) is 18.1 Å². The fraction of sp³-hybridized carbons (Fsp3) is 0.250. The van der Waals surface area contributed by atoms with Crippen LogP contribution >= 0.6 is 15.9 Å². The Kier molecular flexibility index (Phi) is 5.96. The molecule has 0 radical (unpaired) electrons. The molecule has 2 atom stereocenters. The normalized spacial score (nSPS) is 13.3. The van der Waals surface area contributed by atoms with Gasteiger partial charge in [-0.25, -0.2) is 0 Å². The highest BCUT2D eigenvalue weighted by molar-refractivity contribution is 9.10. The second-order valence-corrected chi connectivity index (χ2v) is 7.30. The lowest BCUT2D eigenvalue weighted by atomic mass is 10.2. The van der Waals surface area contributed by atoms with Gasteiger partial charge in [-0.15, -0.1) is 0 Å². The van der Waals surface area contributed by atoms with Crippen molar-refractivity contribution in [3.63, 3.8) is 0 Å². The van der Waals surface area contributed by atoms with Crippen molar-refractivity contribution in [1.29, 1.82) is 0 Å². The summed E-state index contributed by atoms with van der Waals surface area (Å²) < 4.78 is 12.3. The van der Waals surface area contributed by atoms with Crippen LogP contribution in [0.4, 0.5) is 0 Å². The van der Waals surface area contributed by atoms with Crippen LogP contribution in [0.15, 0.2) is 68.1 Å². The molecule has 5 nitrogen and oxygen atoms in total. The number of hydrogen-bond acceptors (Lipinski definition) is 3. The topological polar surface area (TPSA) is 59.8 Å². The number of likely N-dealkylation sites (N-methyl/N-ethyl adjacent to an activating group) is 1. The first-order chi connectivity index (χ1) is 12.5. The van der Waals surface area contributed by atoms with Crippen LogP contribution in [-0.2, 0) is 11.3 Å². The maximum Gasteiger partial charge on any atom is 0.275 e. The fourth-order valence-corrected chi connectivity index (χ4v) is 3.04. The average Bonchev–Trinajstić information content (AvgIpc) is 3.27. The van der Waals surface area contributed by atoms with E-state index in [1.165, 1.54) is 0 Å². The zero-order chi connectivity index (χ0) is 18.5. The van der Waals surface area contributed by atoms with Gasteiger partial charge in [0.05, 0.1) is 19.4 Å². The van der Waals surface area contributed by atoms with Crippen LogP contribution in [0.25, 0.3) is 11.3 Å². The highest BCUT2D eigenvalue weighted by Gasteiger charge is 2.17. The maximum absolute atomic E-state index is 12.2. The predicted octanol–water partition coefficient (Wildman–Crippen LogP) is 3.19. The second-order valence-electron chi connectivity index (χ2n) is 6.39. The van der Waals surface area contributed by atoms with Crippen molar-refractivity contribution in [1.82, 2.24) is 5.32 Å². The number of nitrogens with one attached hydrogen (secondary N) is 2. The smallest absolute Gasteiger partial charge is 0.275 e. The Labute approximate surface area is 161 Å². The Morgan fingerprint density at radius 3 is 2.65 bits per heavy atom. The highest BCUT2D eigenvalue weighted by Crippen LogP contribution is 2.23. The van der Waals surface area contributed by atoms with Crippen molar-refractivity contribution in [2.24, 2.45) is 0 Å². The second kappa shape index (κ2) is 8.38. The molecule has 1 aromatic carbocycles. The monoisotopic (exact) mass is 417 g/mol. The van der Waals surface area contributed by atoms with E-state index in [-0.39, 0.29) is 11.9 Å². The Morgan fingerprint density at radius 2 is 1.96 bits per heavy atom. The number of benzene rings is 1. The number of carbonyl (C=O) groups is 1. The van der Waals surface area contributed by atoms with Crippen molar-refractivity contribution >= 4 is 21.8 Å². The number of amides is 1. The molecule has 0 aliphatic heterocycles. The summed E-state index contributed by atoms with van der Waals surface area (Å²) in [5, 5.41) is 2.95. The quantitative estimate of drug-likeness (QED) is 0.620. The molecule has 136 valence electrons. The molecule has 0 bridgehead atoms. The SMILES string of the molecule is C[C@H](NC(=O)C[NH+](C)Cc1ccc(-c2ccc(Br)cc2)o1)c1ccco1. The van der Waals surface area contributed by atoms with Crippen molar-refractivity contribution in [3.05, 3.63) is 70.8 Å². The van der Waals surface area contributed by atoms with Crippen LogP contribution in [0.3, 0.4) is 0 Å². The molecule has 2 N–H and O–H groups in total. The van der Waals surface area contributed by atoms with Crippen LogP contribution in [0, 0.1) is 0 Å². The number of halogens is 1. The third-order valence-electron chi connectivity index (χ3n) is 4.08. The van der Waals surface area contributed by atoms with E-state index in [1.54, 1.807) is 6.26 Å². The minimum atomic E-state index is -0.141. The van der Waals surface area contributed by atoms with Crippen molar-refractivity contribution in [2.45, 2.75) is 19.5 Å². The molecule has 3 aromatic rings. The van der Waals surface area contributed by atoms with Gasteiger partial charge in [-0.1, -0.05) is 28.1 Å². The minimum absolute atomic E-state index is 0.0221. The molecule has 1 unspecified atom stereocenters. The first-order valence-electron chi connectivity index (χ1n) is 8.50. The first kappa shape index (κ1) is 18.5. The van der Waals surface area contributed by atoms with E-state index in [4.69, 9.17) is 8.83 Å². The van der Waals surface area contributed by atoms with Crippen LogP contribution in [0.2, 0.25) is 0 Å². The molecule has 2 aromatic heterocycles. The van der Waals surface area contributed by atoms with Crippen molar-refractivity contribution in [3.8, 4) is 11.3 Å². The van der Waals surface area contributed by atoms with Crippen LogP contribution in [-0.4, -0.2) is 19.5 Å². The molecule has 3 rings (SSSR count).